The molecular formula is C17H36N2. The minimum Gasteiger partial charge on any atom is -0.277 e. The van der Waals surface area contributed by atoms with Crippen molar-refractivity contribution in [2.45, 2.75) is 80.1 Å². The minimum atomic E-state index is 0.877. The highest BCUT2D eigenvalue weighted by Crippen LogP contribution is 2.23. The van der Waals surface area contributed by atoms with Crippen molar-refractivity contribution in [2.75, 3.05) is 7.05 Å². The van der Waals surface area contributed by atoms with Crippen LogP contribution in [0.15, 0.2) is 9.98 Å². The molecule has 2 atom stereocenters. The summed E-state index contributed by atoms with van der Waals surface area (Å²) in [7, 11) is 1.76. The topological polar surface area (TPSA) is 24.7 Å². The predicted molar refractivity (Wildman–Crippen MR) is 90.6 cm³/mol. The van der Waals surface area contributed by atoms with E-state index < -0.39 is 0 Å². The van der Waals surface area contributed by atoms with Crippen LogP contribution in [0.25, 0.3) is 0 Å². The molecule has 0 aromatic rings. The van der Waals surface area contributed by atoms with E-state index in [0.717, 1.165) is 18.3 Å². The van der Waals surface area contributed by atoms with Crippen molar-refractivity contribution < 1.29 is 0 Å². The second-order valence-corrected chi connectivity index (χ2v) is 5.15. The summed E-state index contributed by atoms with van der Waals surface area (Å²) in [4.78, 5) is 8.14. The van der Waals surface area contributed by atoms with E-state index in [1.54, 1.807) is 13.4 Å². The van der Waals surface area contributed by atoms with Crippen molar-refractivity contribution in [3.8, 4) is 0 Å². The highest BCUT2D eigenvalue weighted by Gasteiger charge is 2.10. The molecule has 0 radical (unpaired) electrons. The molecular weight excluding hydrogens is 232 g/mol. The zero-order valence-electron chi connectivity index (χ0n) is 14.4. The molecule has 0 N–H and O–H groups in total. The van der Waals surface area contributed by atoms with Gasteiger partial charge in [0.25, 0.3) is 0 Å². The number of hydrogen-bond donors (Lipinski definition) is 0. The van der Waals surface area contributed by atoms with E-state index >= 15 is 0 Å². The van der Waals surface area contributed by atoms with Crippen LogP contribution in [0.3, 0.4) is 0 Å². The molecule has 0 heterocycles. The lowest BCUT2D eigenvalue weighted by molar-refractivity contribution is 0.349. The zero-order chi connectivity index (χ0) is 15.1. The molecule has 0 aromatic heterocycles. The van der Waals surface area contributed by atoms with Crippen LogP contribution < -0.4 is 0 Å². The van der Waals surface area contributed by atoms with Gasteiger partial charge in [-0.15, -0.1) is 0 Å². The molecule has 19 heavy (non-hydrogen) atoms. The zero-order valence-corrected chi connectivity index (χ0v) is 14.4. The Morgan fingerprint density at radius 1 is 1.16 bits per heavy atom. The maximum atomic E-state index is 4.27. The Bertz CT molecular complexity index is 231. The van der Waals surface area contributed by atoms with Crippen molar-refractivity contribution >= 4 is 12.1 Å². The van der Waals surface area contributed by atoms with Crippen molar-refractivity contribution in [2.24, 2.45) is 21.8 Å². The maximum absolute atomic E-state index is 4.27. The molecule has 2 nitrogen and oxygen atoms in total. The Hall–Kier alpha value is -0.660. The standard InChI is InChI=1S/C15H30N2.C2H6/c1-6-13(3)11-15(7-2)10-8-9-14(4)17-12-16-5;1-2/h12-13,15H,6-11H2,1-5H3;1-2H3. The van der Waals surface area contributed by atoms with Gasteiger partial charge in [0.1, 0.15) is 6.34 Å². The number of hydrogen-bond acceptors (Lipinski definition) is 1. The smallest absolute Gasteiger partial charge is 0.109 e. The largest absolute Gasteiger partial charge is 0.277 e. The average Bonchev–Trinajstić information content (AvgIpc) is 2.45. The van der Waals surface area contributed by atoms with Crippen molar-refractivity contribution in [3.05, 3.63) is 0 Å². The third kappa shape index (κ3) is 13.6. The van der Waals surface area contributed by atoms with Gasteiger partial charge in [-0.1, -0.05) is 53.9 Å². The fourth-order valence-electron chi connectivity index (χ4n) is 2.09. The van der Waals surface area contributed by atoms with Gasteiger partial charge in [-0.3, -0.25) is 4.99 Å². The molecule has 0 aromatic carbocycles. The maximum Gasteiger partial charge on any atom is 0.109 e. The first kappa shape index (κ1) is 20.7. The van der Waals surface area contributed by atoms with Crippen molar-refractivity contribution in [3.63, 3.8) is 0 Å². The highest BCUT2D eigenvalue weighted by atomic mass is 14.8. The number of rotatable bonds is 9. The normalized spacial score (nSPS) is 15.0. The molecule has 0 saturated heterocycles. The second-order valence-electron chi connectivity index (χ2n) is 5.15. The molecule has 0 amide bonds. The van der Waals surface area contributed by atoms with Gasteiger partial charge in [-0.2, -0.15) is 0 Å². The first-order valence-corrected chi connectivity index (χ1v) is 8.07. The van der Waals surface area contributed by atoms with Gasteiger partial charge >= 0.3 is 0 Å². The molecule has 2 heteroatoms. The van der Waals surface area contributed by atoms with Crippen LogP contribution >= 0.6 is 0 Å². The SMILES string of the molecule is CC.CCC(C)CC(CC)CCCC(C)=NC=NC. The fraction of sp³-hybridized carbons (Fsp3) is 0.882. The third-order valence-electron chi connectivity index (χ3n) is 3.55. The first-order valence-electron chi connectivity index (χ1n) is 8.07. The Kier molecular flexibility index (Phi) is 16.7. The Morgan fingerprint density at radius 3 is 2.26 bits per heavy atom. The summed E-state index contributed by atoms with van der Waals surface area (Å²) in [5.41, 5.74) is 1.20. The number of aliphatic imine (C=N–C) groups is 2. The van der Waals surface area contributed by atoms with Gasteiger partial charge < -0.3 is 0 Å². The van der Waals surface area contributed by atoms with Crippen LogP contribution in [0.1, 0.15) is 80.1 Å². The van der Waals surface area contributed by atoms with E-state index in [0.29, 0.717) is 0 Å². The molecule has 0 bridgehead atoms. The first-order chi connectivity index (χ1) is 9.13. The summed E-state index contributed by atoms with van der Waals surface area (Å²) in [6.45, 7) is 13.1. The molecule has 114 valence electrons. The summed E-state index contributed by atoms with van der Waals surface area (Å²) < 4.78 is 0. The van der Waals surface area contributed by atoms with E-state index in [2.05, 4.69) is 37.7 Å². The van der Waals surface area contributed by atoms with Crippen molar-refractivity contribution in [1.29, 1.82) is 0 Å². The van der Waals surface area contributed by atoms with Gasteiger partial charge in [0.05, 0.1) is 0 Å². The second kappa shape index (κ2) is 15.4. The molecule has 0 saturated carbocycles. The van der Waals surface area contributed by atoms with Gasteiger partial charge in [0.15, 0.2) is 0 Å². The van der Waals surface area contributed by atoms with Crippen molar-refractivity contribution in [1.82, 2.24) is 0 Å². The van der Waals surface area contributed by atoms with Gasteiger partial charge in [0.2, 0.25) is 0 Å². The number of nitrogens with zero attached hydrogens (tertiary/aromatic N) is 2. The summed E-state index contributed by atoms with van der Waals surface area (Å²) in [6, 6.07) is 0. The lowest BCUT2D eigenvalue weighted by Gasteiger charge is -2.18. The monoisotopic (exact) mass is 268 g/mol. The van der Waals surface area contributed by atoms with Crippen LogP contribution in [0.2, 0.25) is 0 Å². The minimum absolute atomic E-state index is 0.877. The summed E-state index contributed by atoms with van der Waals surface area (Å²) in [5.74, 6) is 1.78. The van der Waals surface area contributed by atoms with Gasteiger partial charge in [-0.05, 0) is 38.0 Å². The Morgan fingerprint density at radius 2 is 1.79 bits per heavy atom. The van der Waals surface area contributed by atoms with Gasteiger partial charge in [-0.25, -0.2) is 4.99 Å². The van der Waals surface area contributed by atoms with Crippen LogP contribution in [-0.2, 0) is 0 Å². The van der Waals surface area contributed by atoms with E-state index in [9.17, 15) is 0 Å². The fourth-order valence-corrected chi connectivity index (χ4v) is 2.09. The van der Waals surface area contributed by atoms with Gasteiger partial charge in [0, 0.05) is 12.8 Å². The quantitative estimate of drug-likeness (QED) is 0.375. The third-order valence-corrected chi connectivity index (χ3v) is 3.55. The Labute approximate surface area is 121 Å². The molecule has 0 aliphatic carbocycles. The van der Waals surface area contributed by atoms with E-state index in [1.807, 2.05) is 13.8 Å². The lowest BCUT2D eigenvalue weighted by atomic mass is 9.88. The Balaban J connectivity index is 0. The lowest BCUT2D eigenvalue weighted by Crippen LogP contribution is -2.06. The van der Waals surface area contributed by atoms with E-state index in [-0.39, 0.29) is 0 Å². The highest BCUT2D eigenvalue weighted by molar-refractivity contribution is 5.88. The van der Waals surface area contributed by atoms with Crippen LogP contribution in [0.5, 0.6) is 0 Å². The average molecular weight is 268 g/mol. The molecule has 0 rings (SSSR count). The molecule has 2 unspecified atom stereocenters. The van der Waals surface area contributed by atoms with E-state index in [1.165, 1.54) is 37.8 Å². The van der Waals surface area contributed by atoms with Crippen LogP contribution in [0, 0.1) is 11.8 Å². The molecule has 0 aliphatic rings. The summed E-state index contributed by atoms with van der Waals surface area (Å²) >= 11 is 0. The van der Waals surface area contributed by atoms with E-state index in [4.69, 9.17) is 0 Å². The summed E-state index contributed by atoms with van der Waals surface area (Å²) in [6.07, 6.45) is 9.38. The van der Waals surface area contributed by atoms with Crippen LogP contribution in [-0.4, -0.2) is 19.1 Å². The molecule has 0 spiro atoms. The molecule has 0 aliphatic heterocycles. The predicted octanol–water partition coefficient (Wildman–Crippen LogP) is 5.76. The summed E-state index contributed by atoms with van der Waals surface area (Å²) in [5, 5.41) is 0. The van der Waals surface area contributed by atoms with Crippen LogP contribution in [0.4, 0.5) is 0 Å². The molecule has 0 fully saturated rings.